The van der Waals surface area contributed by atoms with Gasteiger partial charge in [-0.05, 0) is 75.4 Å². The van der Waals surface area contributed by atoms with Crippen LogP contribution in [0.25, 0.3) is 0 Å². The van der Waals surface area contributed by atoms with Crippen molar-refractivity contribution in [1.29, 1.82) is 0 Å². The Morgan fingerprint density at radius 1 is 1.00 bits per heavy atom. The number of hydrogen-bond acceptors (Lipinski definition) is 6. The molecule has 0 amide bonds. The third-order valence-electron chi connectivity index (χ3n) is 7.39. The smallest absolute Gasteiger partial charge is 0.161 e. The van der Waals surface area contributed by atoms with E-state index >= 15 is 0 Å². The van der Waals surface area contributed by atoms with Crippen LogP contribution in [0.5, 0.6) is 17.2 Å². The minimum Gasteiger partial charge on any atom is -0.493 e. The summed E-state index contributed by atoms with van der Waals surface area (Å²) < 4.78 is 19.9. The summed E-state index contributed by atoms with van der Waals surface area (Å²) in [7, 11) is 1.69. The third-order valence-corrected chi connectivity index (χ3v) is 7.39. The summed E-state index contributed by atoms with van der Waals surface area (Å²) in [6.45, 7) is 10.7. The van der Waals surface area contributed by atoms with Crippen molar-refractivity contribution in [3.05, 3.63) is 71.3 Å². The first-order valence-electron chi connectivity index (χ1n) is 13.8. The number of nitrogens with zero attached hydrogens (tertiary/aromatic N) is 3. The summed E-state index contributed by atoms with van der Waals surface area (Å²) in [5.74, 6) is 3.48. The molecule has 0 radical (unpaired) electrons. The second-order valence-corrected chi connectivity index (χ2v) is 10.5. The minimum absolute atomic E-state index is 0.325. The van der Waals surface area contributed by atoms with Crippen LogP contribution < -0.4 is 14.2 Å². The van der Waals surface area contributed by atoms with Gasteiger partial charge in [0.15, 0.2) is 11.5 Å². The molecule has 1 fully saturated rings. The van der Waals surface area contributed by atoms with E-state index in [-0.39, 0.29) is 0 Å². The van der Waals surface area contributed by atoms with E-state index in [4.69, 9.17) is 14.2 Å². The molecular weight excluding hydrogens is 478 g/mol. The number of aromatic nitrogens is 2. The fourth-order valence-corrected chi connectivity index (χ4v) is 5.17. The highest BCUT2D eigenvalue weighted by molar-refractivity contribution is 5.43. The van der Waals surface area contributed by atoms with Crippen LogP contribution in [0, 0.1) is 13.8 Å². The number of aliphatic hydroxyl groups is 1. The highest BCUT2D eigenvalue weighted by Crippen LogP contribution is 2.30. The summed E-state index contributed by atoms with van der Waals surface area (Å²) in [5.41, 5.74) is 2.69. The number of methoxy groups -OCH3 is 1. The molecule has 2 heterocycles. The molecule has 206 valence electrons. The molecule has 4 rings (SSSR count). The van der Waals surface area contributed by atoms with E-state index in [0.29, 0.717) is 19.6 Å². The molecule has 0 unspecified atom stereocenters. The Balaban J connectivity index is 1.26. The molecule has 1 aliphatic heterocycles. The lowest BCUT2D eigenvalue weighted by Crippen LogP contribution is -2.37. The largest absolute Gasteiger partial charge is 0.493 e. The van der Waals surface area contributed by atoms with Gasteiger partial charge in [-0.2, -0.15) is 0 Å². The maximum absolute atomic E-state index is 11.3. The predicted octanol–water partition coefficient (Wildman–Crippen LogP) is 5.34. The number of ether oxygens (including phenoxy) is 3. The molecule has 1 aromatic heterocycles. The van der Waals surface area contributed by atoms with Crippen LogP contribution in [-0.4, -0.2) is 58.6 Å². The second-order valence-electron chi connectivity index (χ2n) is 10.5. The summed E-state index contributed by atoms with van der Waals surface area (Å²) in [4.78, 5) is 6.78. The van der Waals surface area contributed by atoms with E-state index in [0.717, 1.165) is 80.5 Å². The first-order valence-corrected chi connectivity index (χ1v) is 13.8. The monoisotopic (exact) mass is 521 g/mol. The molecule has 38 heavy (non-hydrogen) atoms. The SMILES string of the molecule is CCc1nccn1CCCOc1ccc(CN2CCC[C@](O)(COc3ccc(C)cc3C)CC2)cc1OC. The maximum Gasteiger partial charge on any atom is 0.161 e. The van der Waals surface area contributed by atoms with Crippen molar-refractivity contribution in [3.63, 3.8) is 0 Å². The Kier molecular flexibility index (Phi) is 9.69. The van der Waals surface area contributed by atoms with Gasteiger partial charge in [-0.1, -0.05) is 30.7 Å². The van der Waals surface area contributed by atoms with Crippen LogP contribution >= 0.6 is 0 Å². The molecule has 1 saturated heterocycles. The van der Waals surface area contributed by atoms with E-state index in [2.05, 4.69) is 59.5 Å². The van der Waals surface area contributed by atoms with Crippen LogP contribution in [0.15, 0.2) is 48.8 Å². The standard InChI is InChI=1S/C31H43N3O4/c1-5-30-32-14-18-34(30)16-7-19-37-28-11-9-26(21-29(28)36-4)22-33-15-6-12-31(35,13-17-33)23-38-27-10-8-24(2)20-25(27)3/h8-11,14,18,20-21,35H,5-7,12-13,15-17,19,22-23H2,1-4H3/t31-/m1/s1. The second kappa shape index (κ2) is 13.2. The summed E-state index contributed by atoms with van der Waals surface area (Å²) >= 11 is 0. The molecule has 3 aromatic rings. The van der Waals surface area contributed by atoms with Crippen molar-refractivity contribution in [3.8, 4) is 17.2 Å². The Labute approximate surface area is 227 Å². The fourth-order valence-electron chi connectivity index (χ4n) is 5.17. The van der Waals surface area contributed by atoms with Gasteiger partial charge in [-0.25, -0.2) is 4.98 Å². The van der Waals surface area contributed by atoms with Crippen LogP contribution in [-0.2, 0) is 19.5 Å². The number of benzene rings is 2. The molecule has 1 aliphatic rings. The average Bonchev–Trinajstić information content (AvgIpc) is 3.29. The van der Waals surface area contributed by atoms with Crippen LogP contribution in [0.3, 0.4) is 0 Å². The molecule has 0 spiro atoms. The summed E-state index contributed by atoms with van der Waals surface area (Å²) in [5, 5.41) is 11.3. The number of aryl methyl sites for hydroxylation is 4. The van der Waals surface area contributed by atoms with Crippen molar-refractivity contribution in [2.24, 2.45) is 0 Å². The molecule has 1 N–H and O–H groups in total. The van der Waals surface area contributed by atoms with E-state index < -0.39 is 5.60 Å². The number of hydrogen-bond donors (Lipinski definition) is 1. The first kappa shape index (κ1) is 28.0. The Morgan fingerprint density at radius 3 is 2.63 bits per heavy atom. The van der Waals surface area contributed by atoms with Crippen LogP contribution in [0.2, 0.25) is 0 Å². The summed E-state index contributed by atoms with van der Waals surface area (Å²) in [6, 6.07) is 12.4. The normalized spacial score (nSPS) is 18.2. The van der Waals surface area contributed by atoms with Gasteiger partial charge in [0.05, 0.1) is 19.3 Å². The minimum atomic E-state index is -0.809. The molecule has 7 heteroatoms. The van der Waals surface area contributed by atoms with Gasteiger partial charge in [0.25, 0.3) is 0 Å². The Morgan fingerprint density at radius 2 is 1.84 bits per heavy atom. The fraction of sp³-hybridized carbons (Fsp3) is 0.516. The topological polar surface area (TPSA) is 69.0 Å². The first-order chi connectivity index (χ1) is 18.4. The lowest BCUT2D eigenvalue weighted by molar-refractivity contribution is -0.0170. The molecule has 0 bridgehead atoms. The molecular formula is C31H43N3O4. The molecule has 0 aliphatic carbocycles. The van der Waals surface area contributed by atoms with Crippen molar-refractivity contribution in [1.82, 2.24) is 14.5 Å². The lowest BCUT2D eigenvalue weighted by Gasteiger charge is -2.27. The van der Waals surface area contributed by atoms with Crippen LogP contribution in [0.4, 0.5) is 0 Å². The van der Waals surface area contributed by atoms with Gasteiger partial charge >= 0.3 is 0 Å². The predicted molar refractivity (Wildman–Crippen MR) is 150 cm³/mol. The molecule has 1 atom stereocenters. The lowest BCUT2D eigenvalue weighted by atomic mass is 9.96. The Bertz CT molecular complexity index is 1180. The van der Waals surface area contributed by atoms with E-state index in [9.17, 15) is 5.11 Å². The highest BCUT2D eigenvalue weighted by Gasteiger charge is 2.31. The van der Waals surface area contributed by atoms with E-state index in [1.165, 1.54) is 11.1 Å². The zero-order chi connectivity index (χ0) is 27.0. The van der Waals surface area contributed by atoms with Gasteiger partial charge in [0.1, 0.15) is 18.2 Å². The number of imidazole rings is 1. The van der Waals surface area contributed by atoms with Crippen LogP contribution in [0.1, 0.15) is 55.1 Å². The zero-order valence-electron chi connectivity index (χ0n) is 23.4. The van der Waals surface area contributed by atoms with Crippen molar-refractivity contribution >= 4 is 0 Å². The Hall–Kier alpha value is -3.03. The third kappa shape index (κ3) is 7.51. The van der Waals surface area contributed by atoms with Crippen molar-refractivity contribution in [2.75, 3.05) is 33.4 Å². The highest BCUT2D eigenvalue weighted by atomic mass is 16.5. The van der Waals surface area contributed by atoms with Gasteiger partial charge in [-0.3, -0.25) is 4.90 Å². The molecule has 0 saturated carbocycles. The zero-order valence-corrected chi connectivity index (χ0v) is 23.4. The van der Waals surface area contributed by atoms with Gasteiger partial charge in [0.2, 0.25) is 0 Å². The molecule has 7 nitrogen and oxygen atoms in total. The average molecular weight is 522 g/mol. The quantitative estimate of drug-likeness (QED) is 0.325. The van der Waals surface area contributed by atoms with Gasteiger partial charge in [-0.15, -0.1) is 0 Å². The van der Waals surface area contributed by atoms with Crippen molar-refractivity contribution < 1.29 is 19.3 Å². The number of rotatable bonds is 12. The number of likely N-dealkylation sites (tertiary alicyclic amines) is 1. The maximum atomic E-state index is 11.3. The van der Waals surface area contributed by atoms with Gasteiger partial charge < -0.3 is 23.9 Å². The van der Waals surface area contributed by atoms with E-state index in [1.807, 2.05) is 24.5 Å². The van der Waals surface area contributed by atoms with E-state index in [1.54, 1.807) is 7.11 Å². The summed E-state index contributed by atoms with van der Waals surface area (Å²) in [6.07, 6.45) is 8.07. The molecule has 2 aromatic carbocycles. The van der Waals surface area contributed by atoms with Crippen molar-refractivity contribution in [2.45, 2.75) is 71.6 Å². The van der Waals surface area contributed by atoms with Gasteiger partial charge in [0, 0.05) is 38.4 Å².